The van der Waals surface area contributed by atoms with Crippen LogP contribution in [0.3, 0.4) is 0 Å². The molecule has 0 aliphatic heterocycles. The number of nitrogens with one attached hydrogen (secondary N) is 1. The van der Waals surface area contributed by atoms with Gasteiger partial charge in [-0.15, -0.1) is 0 Å². The summed E-state index contributed by atoms with van der Waals surface area (Å²) in [5.74, 6) is -0.0422. The fraction of sp³-hybridized carbons (Fsp3) is 0.154. The van der Waals surface area contributed by atoms with Crippen LogP contribution in [-0.4, -0.2) is 5.91 Å². The average Bonchev–Trinajstić information content (AvgIpc) is 2.85. The molecular weight excluding hydrogens is 425 g/mol. The van der Waals surface area contributed by atoms with Crippen LogP contribution in [0.1, 0.15) is 28.9 Å². The minimum Gasteiger partial charge on any atom is -0.345 e. The monoisotopic (exact) mass is 435 g/mol. The van der Waals surface area contributed by atoms with Crippen LogP contribution in [0.25, 0.3) is 0 Å². The van der Waals surface area contributed by atoms with Gasteiger partial charge in [0.2, 0.25) is 0 Å². The zero-order chi connectivity index (χ0) is 13.1. The van der Waals surface area contributed by atoms with Gasteiger partial charge < -0.3 is 5.32 Å². The summed E-state index contributed by atoms with van der Waals surface area (Å²) in [4.78, 5) is 12.2. The van der Waals surface area contributed by atoms with Gasteiger partial charge >= 0.3 is 0 Å². The molecule has 0 saturated carbocycles. The Balaban J connectivity index is 2.15. The van der Waals surface area contributed by atoms with Crippen molar-refractivity contribution in [1.29, 1.82) is 0 Å². The number of amides is 1. The minimum absolute atomic E-state index is 0.0264. The first kappa shape index (κ1) is 14.0. The summed E-state index contributed by atoms with van der Waals surface area (Å²) >= 11 is 7.20. The molecule has 1 heterocycles. The van der Waals surface area contributed by atoms with Crippen LogP contribution in [0.2, 0.25) is 0 Å². The second-order valence-corrected chi connectivity index (χ2v) is 6.73. The van der Waals surface area contributed by atoms with Gasteiger partial charge in [0.25, 0.3) is 5.91 Å². The second kappa shape index (κ2) is 6.16. The fourth-order valence-corrected chi connectivity index (χ4v) is 3.25. The zero-order valence-electron chi connectivity index (χ0n) is 9.61. The number of halogens is 2. The van der Waals surface area contributed by atoms with Gasteiger partial charge in [0.15, 0.2) is 0 Å². The number of hydrogen-bond donors (Lipinski definition) is 1. The highest BCUT2D eigenvalue weighted by Gasteiger charge is 2.14. The fourth-order valence-electron chi connectivity index (χ4n) is 1.55. The van der Waals surface area contributed by atoms with Gasteiger partial charge in [0.05, 0.1) is 11.6 Å². The van der Waals surface area contributed by atoms with E-state index in [2.05, 4.69) is 49.2 Å². The highest BCUT2D eigenvalue weighted by atomic mass is 127. The maximum Gasteiger partial charge on any atom is 0.252 e. The van der Waals surface area contributed by atoms with Crippen molar-refractivity contribution in [3.8, 4) is 0 Å². The van der Waals surface area contributed by atoms with Crippen LogP contribution in [0.5, 0.6) is 0 Å². The average molecular weight is 436 g/mol. The van der Waals surface area contributed by atoms with E-state index in [0.717, 1.165) is 13.6 Å². The van der Waals surface area contributed by atoms with E-state index in [9.17, 15) is 4.79 Å². The SMILES string of the molecule is CC(NC(=O)c1cc(Br)ccc1I)c1ccsc1. The van der Waals surface area contributed by atoms with Gasteiger partial charge in [-0.25, -0.2) is 0 Å². The summed E-state index contributed by atoms with van der Waals surface area (Å²) in [7, 11) is 0. The molecule has 2 rings (SSSR count). The van der Waals surface area contributed by atoms with Crippen molar-refractivity contribution < 1.29 is 4.79 Å². The van der Waals surface area contributed by atoms with E-state index in [0.29, 0.717) is 5.56 Å². The number of rotatable bonds is 3. The highest BCUT2D eigenvalue weighted by molar-refractivity contribution is 14.1. The third-order valence-corrected chi connectivity index (χ3v) is 4.70. The molecule has 0 saturated heterocycles. The second-order valence-electron chi connectivity index (χ2n) is 3.88. The van der Waals surface area contributed by atoms with Gasteiger partial charge in [-0.05, 0) is 70.1 Å². The van der Waals surface area contributed by atoms with E-state index >= 15 is 0 Å². The summed E-state index contributed by atoms with van der Waals surface area (Å²) in [6.07, 6.45) is 0. The number of carbonyl (C=O) groups is 1. The Bertz CT molecular complexity index is 556. The first-order valence-electron chi connectivity index (χ1n) is 5.36. The Morgan fingerprint density at radius 3 is 2.89 bits per heavy atom. The summed E-state index contributed by atoms with van der Waals surface area (Å²) < 4.78 is 1.86. The maximum absolute atomic E-state index is 12.2. The summed E-state index contributed by atoms with van der Waals surface area (Å²) in [5, 5.41) is 7.08. The maximum atomic E-state index is 12.2. The lowest BCUT2D eigenvalue weighted by Gasteiger charge is -2.13. The Morgan fingerprint density at radius 1 is 1.44 bits per heavy atom. The van der Waals surface area contributed by atoms with Crippen LogP contribution in [-0.2, 0) is 0 Å². The molecule has 0 spiro atoms. The number of thiophene rings is 1. The number of hydrogen-bond acceptors (Lipinski definition) is 2. The molecule has 1 unspecified atom stereocenters. The molecule has 1 aromatic carbocycles. The van der Waals surface area contributed by atoms with E-state index in [4.69, 9.17) is 0 Å². The Morgan fingerprint density at radius 2 is 2.22 bits per heavy atom. The van der Waals surface area contributed by atoms with E-state index in [1.54, 1.807) is 11.3 Å². The molecule has 0 bridgehead atoms. The van der Waals surface area contributed by atoms with Gasteiger partial charge in [0.1, 0.15) is 0 Å². The predicted octanol–water partition coefficient (Wildman–Crippen LogP) is 4.61. The lowest BCUT2D eigenvalue weighted by molar-refractivity contribution is 0.0939. The van der Waals surface area contributed by atoms with Crippen molar-refractivity contribution in [1.82, 2.24) is 5.32 Å². The van der Waals surface area contributed by atoms with E-state index < -0.39 is 0 Å². The lowest BCUT2D eigenvalue weighted by atomic mass is 10.1. The topological polar surface area (TPSA) is 29.1 Å². The van der Waals surface area contributed by atoms with Crippen molar-refractivity contribution in [2.24, 2.45) is 0 Å². The molecule has 18 heavy (non-hydrogen) atoms. The minimum atomic E-state index is -0.0422. The van der Waals surface area contributed by atoms with Crippen molar-refractivity contribution in [3.05, 3.63) is 54.2 Å². The molecule has 0 fully saturated rings. The Labute approximate surface area is 132 Å². The van der Waals surface area contributed by atoms with Gasteiger partial charge in [-0.1, -0.05) is 15.9 Å². The molecule has 94 valence electrons. The van der Waals surface area contributed by atoms with Crippen LogP contribution in [0.4, 0.5) is 0 Å². The highest BCUT2D eigenvalue weighted by Crippen LogP contribution is 2.20. The third kappa shape index (κ3) is 3.33. The van der Waals surface area contributed by atoms with Crippen molar-refractivity contribution >= 4 is 55.8 Å². The van der Waals surface area contributed by atoms with Crippen molar-refractivity contribution in [2.75, 3.05) is 0 Å². The third-order valence-electron chi connectivity index (χ3n) is 2.56. The van der Waals surface area contributed by atoms with E-state index in [1.165, 1.54) is 0 Å². The molecule has 1 aromatic heterocycles. The van der Waals surface area contributed by atoms with Crippen LogP contribution >= 0.6 is 49.9 Å². The smallest absolute Gasteiger partial charge is 0.252 e. The van der Waals surface area contributed by atoms with Crippen molar-refractivity contribution in [3.63, 3.8) is 0 Å². The zero-order valence-corrected chi connectivity index (χ0v) is 14.2. The first-order chi connectivity index (χ1) is 8.58. The Hall–Kier alpha value is -0.400. The molecule has 1 atom stereocenters. The molecule has 2 aromatic rings. The summed E-state index contributed by atoms with van der Waals surface area (Å²) in [6.45, 7) is 1.99. The number of benzene rings is 1. The molecule has 5 heteroatoms. The molecule has 2 nitrogen and oxygen atoms in total. The normalized spacial score (nSPS) is 12.2. The first-order valence-corrected chi connectivity index (χ1v) is 8.17. The largest absolute Gasteiger partial charge is 0.345 e. The standard InChI is InChI=1S/C13H11BrINOS/c1-8(9-4-5-18-7-9)16-13(17)11-6-10(14)2-3-12(11)15/h2-8H,1H3,(H,16,17). The van der Waals surface area contributed by atoms with Crippen molar-refractivity contribution in [2.45, 2.75) is 13.0 Å². The van der Waals surface area contributed by atoms with Crippen LogP contribution < -0.4 is 5.32 Å². The van der Waals surface area contributed by atoms with Gasteiger partial charge in [-0.2, -0.15) is 11.3 Å². The predicted molar refractivity (Wildman–Crippen MR) is 87.1 cm³/mol. The number of carbonyl (C=O) groups excluding carboxylic acids is 1. The van der Waals surface area contributed by atoms with Gasteiger partial charge in [0, 0.05) is 8.04 Å². The summed E-state index contributed by atoms with van der Waals surface area (Å²) in [6, 6.07) is 7.76. The molecular formula is C13H11BrINOS. The van der Waals surface area contributed by atoms with E-state index in [1.807, 2.05) is 36.6 Å². The molecule has 1 amide bonds. The molecule has 0 aliphatic carbocycles. The molecule has 0 radical (unpaired) electrons. The van der Waals surface area contributed by atoms with Crippen LogP contribution in [0, 0.1) is 3.57 Å². The molecule has 1 N–H and O–H groups in total. The van der Waals surface area contributed by atoms with E-state index in [-0.39, 0.29) is 11.9 Å². The summed E-state index contributed by atoms with van der Waals surface area (Å²) in [5.41, 5.74) is 1.84. The Kier molecular flexibility index (Phi) is 4.80. The quantitative estimate of drug-likeness (QED) is 0.701. The van der Waals surface area contributed by atoms with Gasteiger partial charge in [-0.3, -0.25) is 4.79 Å². The molecule has 0 aliphatic rings. The lowest BCUT2D eigenvalue weighted by Crippen LogP contribution is -2.27. The van der Waals surface area contributed by atoms with Crippen LogP contribution in [0.15, 0.2) is 39.5 Å².